The number of hydrogen-bond acceptors (Lipinski definition) is 5. The summed E-state index contributed by atoms with van der Waals surface area (Å²) >= 11 is 0. The largest absolute Gasteiger partial charge is 0.485 e. The van der Waals surface area contributed by atoms with Crippen LogP contribution in [0.3, 0.4) is 0 Å². The normalized spacial score (nSPS) is 21.1. The zero-order valence-corrected chi connectivity index (χ0v) is 23.1. The number of hydrogen-bond donors (Lipinski definition) is 2. The third-order valence-corrected chi connectivity index (χ3v) is 7.51. The van der Waals surface area contributed by atoms with Crippen LogP contribution in [0.25, 0.3) is 0 Å². The van der Waals surface area contributed by atoms with Crippen LogP contribution in [0.5, 0.6) is 5.75 Å². The van der Waals surface area contributed by atoms with Crippen LogP contribution in [0, 0.1) is 0 Å². The van der Waals surface area contributed by atoms with E-state index in [1.807, 2.05) is 48.2 Å². The summed E-state index contributed by atoms with van der Waals surface area (Å²) in [7, 11) is 0. The first-order valence-corrected chi connectivity index (χ1v) is 13.7. The topological polar surface area (TPSA) is 82.1 Å². The molecule has 2 aromatic rings. The van der Waals surface area contributed by atoms with Crippen LogP contribution >= 0.6 is 0 Å². The molecule has 4 atom stereocenters. The van der Waals surface area contributed by atoms with Crippen molar-refractivity contribution >= 4 is 11.8 Å². The average Bonchev–Trinajstić information content (AvgIpc) is 2.97. The molecule has 1 fully saturated rings. The molecule has 2 amide bonds. The highest BCUT2D eigenvalue weighted by atomic mass is 19.1. The Morgan fingerprint density at radius 3 is 2.52 bits per heavy atom. The molecule has 212 valence electrons. The molecule has 0 saturated carbocycles. The number of alkyl halides is 1. The maximum atomic E-state index is 14.6. The Balaban J connectivity index is 1.41. The number of aliphatic hydroxyl groups excluding tert-OH is 1. The number of rotatable bonds is 10. The maximum Gasteiger partial charge on any atom is 0.251 e. The number of aliphatic hydroxyl groups is 1. The molecule has 1 saturated heterocycles. The molecular formula is C32H38FN3O4. The summed E-state index contributed by atoms with van der Waals surface area (Å²) in [6.45, 7) is 9.98. The van der Waals surface area contributed by atoms with Crippen molar-refractivity contribution in [2.45, 2.75) is 44.7 Å². The van der Waals surface area contributed by atoms with E-state index in [1.54, 1.807) is 37.3 Å². The SMILES string of the molecule is C=CC(=O)N1CCN(C[C@@H](Oc2ccc(C(=O)NC[C@@H](O)c3ccccc3)cc2)C2=CC=C(C)C(F)C2)C[C@H]1C. The van der Waals surface area contributed by atoms with E-state index >= 15 is 0 Å². The van der Waals surface area contributed by atoms with Gasteiger partial charge < -0.3 is 20.1 Å². The Morgan fingerprint density at radius 1 is 1.15 bits per heavy atom. The van der Waals surface area contributed by atoms with Gasteiger partial charge in [0.2, 0.25) is 5.91 Å². The molecule has 2 N–H and O–H groups in total. The zero-order valence-electron chi connectivity index (χ0n) is 23.1. The number of carbonyl (C=O) groups is 2. The van der Waals surface area contributed by atoms with E-state index in [4.69, 9.17) is 4.74 Å². The minimum Gasteiger partial charge on any atom is -0.485 e. The first kappa shape index (κ1) is 29.2. The van der Waals surface area contributed by atoms with Gasteiger partial charge in [0.15, 0.2) is 0 Å². The molecule has 1 aliphatic heterocycles. The summed E-state index contributed by atoms with van der Waals surface area (Å²) in [6, 6.07) is 16.0. The summed E-state index contributed by atoms with van der Waals surface area (Å²) in [5, 5.41) is 13.1. The molecule has 2 aliphatic rings. The number of carbonyl (C=O) groups excluding carboxylic acids is 2. The molecule has 1 unspecified atom stereocenters. The molecule has 0 aromatic heterocycles. The van der Waals surface area contributed by atoms with Crippen LogP contribution in [0.4, 0.5) is 4.39 Å². The Morgan fingerprint density at radius 2 is 1.88 bits per heavy atom. The van der Waals surface area contributed by atoms with Crippen LogP contribution in [-0.2, 0) is 4.79 Å². The van der Waals surface area contributed by atoms with E-state index in [-0.39, 0.29) is 30.8 Å². The Bertz CT molecular complexity index is 1240. The lowest BCUT2D eigenvalue weighted by Crippen LogP contribution is -2.55. The van der Waals surface area contributed by atoms with Gasteiger partial charge in [0, 0.05) is 50.7 Å². The van der Waals surface area contributed by atoms with Crippen molar-refractivity contribution < 1.29 is 23.8 Å². The van der Waals surface area contributed by atoms with Crippen molar-refractivity contribution in [2.24, 2.45) is 0 Å². The highest BCUT2D eigenvalue weighted by Gasteiger charge is 2.30. The predicted octanol–water partition coefficient (Wildman–Crippen LogP) is 4.23. The van der Waals surface area contributed by atoms with Crippen LogP contribution in [-0.4, -0.2) is 77.8 Å². The predicted molar refractivity (Wildman–Crippen MR) is 154 cm³/mol. The second-order valence-electron chi connectivity index (χ2n) is 10.4. The van der Waals surface area contributed by atoms with E-state index in [2.05, 4.69) is 16.8 Å². The van der Waals surface area contributed by atoms with Gasteiger partial charge in [-0.25, -0.2) is 4.39 Å². The van der Waals surface area contributed by atoms with Crippen LogP contribution in [0.1, 0.15) is 42.3 Å². The van der Waals surface area contributed by atoms with Gasteiger partial charge in [0.1, 0.15) is 18.0 Å². The van der Waals surface area contributed by atoms with Crippen LogP contribution in [0.2, 0.25) is 0 Å². The summed E-state index contributed by atoms with van der Waals surface area (Å²) in [5.74, 6) is 0.200. The Kier molecular flexibility index (Phi) is 9.90. The third kappa shape index (κ3) is 7.46. The van der Waals surface area contributed by atoms with Crippen molar-refractivity contribution in [3.05, 3.63) is 102 Å². The van der Waals surface area contributed by atoms with Gasteiger partial charge in [-0.05, 0) is 60.9 Å². The number of piperazine rings is 1. The third-order valence-electron chi connectivity index (χ3n) is 7.51. The van der Waals surface area contributed by atoms with Crippen molar-refractivity contribution in [1.29, 1.82) is 0 Å². The van der Waals surface area contributed by atoms with Gasteiger partial charge >= 0.3 is 0 Å². The molecular weight excluding hydrogens is 509 g/mol. The van der Waals surface area contributed by atoms with Gasteiger partial charge in [-0.15, -0.1) is 0 Å². The molecule has 0 radical (unpaired) electrons. The zero-order chi connectivity index (χ0) is 28.6. The Hall–Kier alpha value is -3.75. The van der Waals surface area contributed by atoms with Crippen molar-refractivity contribution in [3.8, 4) is 5.75 Å². The fourth-order valence-corrected chi connectivity index (χ4v) is 5.06. The van der Waals surface area contributed by atoms with Crippen molar-refractivity contribution in [2.75, 3.05) is 32.7 Å². The lowest BCUT2D eigenvalue weighted by atomic mass is 9.93. The fraction of sp³-hybridized carbons (Fsp3) is 0.375. The average molecular weight is 548 g/mol. The lowest BCUT2D eigenvalue weighted by molar-refractivity contribution is -0.130. The molecule has 7 nitrogen and oxygen atoms in total. The molecule has 4 rings (SSSR count). The fourth-order valence-electron chi connectivity index (χ4n) is 5.06. The van der Waals surface area contributed by atoms with E-state index < -0.39 is 18.4 Å². The number of ether oxygens (including phenoxy) is 1. The lowest BCUT2D eigenvalue weighted by Gasteiger charge is -2.41. The van der Waals surface area contributed by atoms with E-state index in [0.29, 0.717) is 43.1 Å². The molecule has 40 heavy (non-hydrogen) atoms. The number of halogens is 1. The number of nitrogens with zero attached hydrogens (tertiary/aromatic N) is 2. The minimum absolute atomic E-state index is 0.0227. The molecule has 1 heterocycles. The van der Waals surface area contributed by atoms with Crippen LogP contribution < -0.4 is 10.1 Å². The number of allylic oxidation sites excluding steroid dienone is 3. The van der Waals surface area contributed by atoms with Gasteiger partial charge in [0.25, 0.3) is 5.91 Å². The smallest absolute Gasteiger partial charge is 0.251 e. The maximum absolute atomic E-state index is 14.6. The highest BCUT2D eigenvalue weighted by Crippen LogP contribution is 2.28. The summed E-state index contributed by atoms with van der Waals surface area (Å²) in [5.41, 5.74) is 2.74. The van der Waals surface area contributed by atoms with Gasteiger partial charge in [-0.2, -0.15) is 0 Å². The Labute approximate surface area is 235 Å². The molecule has 2 aromatic carbocycles. The van der Waals surface area contributed by atoms with Gasteiger partial charge in [-0.3, -0.25) is 14.5 Å². The quantitative estimate of drug-likeness (QED) is 0.435. The highest BCUT2D eigenvalue weighted by molar-refractivity contribution is 5.94. The molecule has 8 heteroatoms. The standard InChI is InChI=1S/C32H38FN3O4/c1-4-31(38)36-17-16-35(20-23(36)3)21-30(26-11-10-22(2)28(33)18-26)40-27-14-12-25(13-15-27)32(39)34-19-29(37)24-8-6-5-7-9-24/h4-15,23,28-30,37H,1,16-21H2,2-3H3,(H,34,39)/t23-,28?,29-,30-/m1/s1. The summed E-state index contributed by atoms with van der Waals surface area (Å²) in [6.07, 6.45) is 3.12. The first-order valence-electron chi connectivity index (χ1n) is 13.7. The summed E-state index contributed by atoms with van der Waals surface area (Å²) < 4.78 is 21.0. The molecule has 0 bridgehead atoms. The van der Waals surface area contributed by atoms with Crippen LogP contribution in [0.15, 0.2) is 90.6 Å². The van der Waals surface area contributed by atoms with Gasteiger partial charge in [-0.1, -0.05) is 49.1 Å². The first-order chi connectivity index (χ1) is 19.2. The number of benzene rings is 2. The van der Waals surface area contributed by atoms with E-state index in [1.165, 1.54) is 6.08 Å². The second kappa shape index (κ2) is 13.5. The van der Waals surface area contributed by atoms with Gasteiger partial charge in [0.05, 0.1) is 6.10 Å². The van der Waals surface area contributed by atoms with E-state index in [0.717, 1.165) is 11.1 Å². The second-order valence-corrected chi connectivity index (χ2v) is 10.4. The number of nitrogens with one attached hydrogen (secondary N) is 1. The van der Waals surface area contributed by atoms with Crippen molar-refractivity contribution in [3.63, 3.8) is 0 Å². The molecule has 1 aliphatic carbocycles. The number of amides is 2. The molecule has 0 spiro atoms. The summed E-state index contributed by atoms with van der Waals surface area (Å²) in [4.78, 5) is 28.8. The van der Waals surface area contributed by atoms with E-state index in [9.17, 15) is 19.1 Å². The van der Waals surface area contributed by atoms with Crippen molar-refractivity contribution in [1.82, 2.24) is 15.1 Å². The monoisotopic (exact) mass is 547 g/mol. The minimum atomic E-state index is -1.05.